The number of nitrogen functional groups attached to an aromatic ring is 1. The van der Waals surface area contributed by atoms with E-state index >= 15 is 4.39 Å². The number of carbonyl (C=O) groups is 1. The average Bonchev–Trinajstić information content (AvgIpc) is 3.21. The molecule has 4 aromatic rings. The lowest BCUT2D eigenvalue weighted by Gasteiger charge is -2.16. The summed E-state index contributed by atoms with van der Waals surface area (Å²) in [6.45, 7) is 5.28. The number of nitrogens with two attached hydrogens (primary N) is 2. The lowest BCUT2D eigenvalue weighted by Crippen LogP contribution is -2.38. The number of nitrogens with one attached hydrogen (secondary N) is 1. The largest absolute Gasteiger partial charge is 0.457 e. The lowest BCUT2D eigenvalue weighted by atomic mass is 10.0. The Bertz CT molecular complexity index is 1560. The second-order valence-electron chi connectivity index (χ2n) is 9.41. The van der Waals surface area contributed by atoms with E-state index in [9.17, 15) is 10.1 Å². The van der Waals surface area contributed by atoms with Gasteiger partial charge in [-0.1, -0.05) is 18.2 Å². The predicted molar refractivity (Wildman–Crippen MR) is 148 cm³/mol. The molecule has 202 valence electrons. The fourth-order valence-electron chi connectivity index (χ4n) is 3.85. The zero-order valence-corrected chi connectivity index (χ0v) is 22.4. The third-order valence-corrected chi connectivity index (χ3v) is 5.44. The summed E-state index contributed by atoms with van der Waals surface area (Å²) in [6.07, 6.45) is 2.69. The SMILES string of the molecule is C[C@H](Cn1nc(-c2ccc(Oc3ccccc3)cc2F)c2c(N)ncnc21)NC(=O)C(C#N)=CC(C)(C)N.Cl. The zero-order chi connectivity index (χ0) is 27.4. The number of hydrogen-bond donors (Lipinski definition) is 3. The monoisotopic (exact) mass is 550 g/mol. The van der Waals surface area contributed by atoms with Crippen molar-refractivity contribution >= 4 is 35.2 Å². The van der Waals surface area contributed by atoms with Crippen molar-refractivity contribution < 1.29 is 13.9 Å². The van der Waals surface area contributed by atoms with Gasteiger partial charge in [0.1, 0.15) is 46.8 Å². The van der Waals surface area contributed by atoms with Gasteiger partial charge in [0, 0.05) is 23.2 Å². The number of nitriles is 1. The number of anilines is 1. The summed E-state index contributed by atoms with van der Waals surface area (Å²) in [4.78, 5) is 20.9. The van der Waals surface area contributed by atoms with Crippen molar-refractivity contribution in [1.29, 1.82) is 5.26 Å². The Morgan fingerprint density at radius 1 is 1.23 bits per heavy atom. The molecule has 0 aliphatic heterocycles. The van der Waals surface area contributed by atoms with E-state index in [0.717, 1.165) is 0 Å². The van der Waals surface area contributed by atoms with Gasteiger partial charge in [-0.2, -0.15) is 10.4 Å². The lowest BCUT2D eigenvalue weighted by molar-refractivity contribution is -0.117. The number of nitrogens with zero attached hydrogens (tertiary/aromatic N) is 5. The number of carbonyl (C=O) groups excluding carboxylic acids is 1. The number of ether oxygens (including phenoxy) is 1. The van der Waals surface area contributed by atoms with Crippen LogP contribution in [0.25, 0.3) is 22.3 Å². The molecule has 2 heterocycles. The first-order chi connectivity index (χ1) is 18.1. The van der Waals surface area contributed by atoms with Gasteiger partial charge in [0.25, 0.3) is 5.91 Å². The quantitative estimate of drug-likeness (QED) is 0.218. The van der Waals surface area contributed by atoms with Crippen LogP contribution in [0.2, 0.25) is 0 Å². The minimum atomic E-state index is -0.834. The summed E-state index contributed by atoms with van der Waals surface area (Å²) in [7, 11) is 0. The van der Waals surface area contributed by atoms with E-state index in [0.29, 0.717) is 22.5 Å². The highest BCUT2D eigenvalue weighted by molar-refractivity contribution is 5.99. The van der Waals surface area contributed by atoms with E-state index in [1.54, 1.807) is 45.0 Å². The normalized spacial score (nSPS) is 12.4. The highest BCUT2D eigenvalue weighted by atomic mass is 35.5. The van der Waals surface area contributed by atoms with Gasteiger partial charge in [-0.3, -0.25) is 4.79 Å². The molecule has 1 atom stereocenters. The fraction of sp³-hybridized carbons (Fsp3) is 0.222. The third-order valence-electron chi connectivity index (χ3n) is 5.44. The van der Waals surface area contributed by atoms with Gasteiger partial charge in [0.15, 0.2) is 5.65 Å². The maximum atomic E-state index is 15.3. The second kappa shape index (κ2) is 11.9. The van der Waals surface area contributed by atoms with E-state index in [1.165, 1.54) is 23.2 Å². The Morgan fingerprint density at radius 2 is 1.95 bits per heavy atom. The standard InChI is InChI=1S/C27H27FN8O2.ClH/c1-16(34-26(37)17(13-29)12-27(2,3)31)14-36-25-22(24(30)32-15-33-25)23(35-36)20-10-9-19(11-21(20)28)38-18-7-5-4-6-8-18;/h4-12,15-16H,14,31H2,1-3H3,(H,34,37)(H2,30,32,33);1H/t16-;/m1./s1. The molecule has 1 amide bonds. The fourth-order valence-corrected chi connectivity index (χ4v) is 3.85. The number of rotatable bonds is 8. The number of para-hydroxylation sites is 1. The van der Waals surface area contributed by atoms with Gasteiger partial charge in [-0.25, -0.2) is 19.0 Å². The molecule has 4 rings (SSSR count). The van der Waals surface area contributed by atoms with Crippen LogP contribution in [-0.4, -0.2) is 37.2 Å². The van der Waals surface area contributed by atoms with Crippen molar-refractivity contribution in [3.05, 3.63) is 72.3 Å². The smallest absolute Gasteiger partial charge is 0.261 e. The van der Waals surface area contributed by atoms with Crippen LogP contribution in [0.5, 0.6) is 11.5 Å². The van der Waals surface area contributed by atoms with Crippen molar-refractivity contribution in [2.45, 2.75) is 38.9 Å². The molecule has 39 heavy (non-hydrogen) atoms. The number of fused-ring (bicyclic) bond motifs is 1. The summed E-state index contributed by atoms with van der Waals surface area (Å²) in [6, 6.07) is 14.9. The molecule has 10 nitrogen and oxygen atoms in total. The number of halogens is 2. The van der Waals surface area contributed by atoms with E-state index in [2.05, 4.69) is 20.4 Å². The van der Waals surface area contributed by atoms with E-state index < -0.39 is 23.3 Å². The minimum absolute atomic E-state index is 0. The molecular formula is C27H28ClFN8O2. The van der Waals surface area contributed by atoms with Crippen molar-refractivity contribution in [3.8, 4) is 28.8 Å². The van der Waals surface area contributed by atoms with Crippen molar-refractivity contribution in [1.82, 2.24) is 25.1 Å². The van der Waals surface area contributed by atoms with Gasteiger partial charge in [0.05, 0.1) is 11.9 Å². The molecule has 0 radical (unpaired) electrons. The van der Waals surface area contributed by atoms with Crippen molar-refractivity contribution in [2.75, 3.05) is 5.73 Å². The second-order valence-corrected chi connectivity index (χ2v) is 9.41. The summed E-state index contributed by atoms with van der Waals surface area (Å²) in [5.74, 6) is -0.0970. The van der Waals surface area contributed by atoms with Gasteiger partial charge in [0.2, 0.25) is 0 Å². The molecule has 2 aromatic heterocycles. The van der Waals surface area contributed by atoms with E-state index in [1.807, 2.05) is 24.3 Å². The maximum Gasteiger partial charge on any atom is 0.261 e. The highest BCUT2D eigenvalue weighted by Gasteiger charge is 2.22. The first kappa shape index (κ1) is 29.0. The molecule has 0 unspecified atom stereocenters. The van der Waals surface area contributed by atoms with Crippen LogP contribution >= 0.6 is 12.4 Å². The topological polar surface area (TPSA) is 158 Å². The Balaban J connectivity index is 0.00000420. The Kier molecular flexibility index (Phi) is 8.85. The summed E-state index contributed by atoms with van der Waals surface area (Å²) >= 11 is 0. The molecule has 12 heteroatoms. The maximum absolute atomic E-state index is 15.3. The van der Waals surface area contributed by atoms with Crippen LogP contribution in [0.15, 0.2) is 66.5 Å². The molecule has 0 spiro atoms. The third kappa shape index (κ3) is 6.87. The molecule has 2 aromatic carbocycles. The van der Waals surface area contributed by atoms with Crippen molar-refractivity contribution in [2.24, 2.45) is 5.73 Å². The Morgan fingerprint density at radius 3 is 2.59 bits per heavy atom. The summed E-state index contributed by atoms with van der Waals surface area (Å²) in [5.41, 5.74) is 11.9. The van der Waals surface area contributed by atoms with Crippen LogP contribution < -0.4 is 21.5 Å². The molecule has 0 aliphatic rings. The predicted octanol–water partition coefficient (Wildman–Crippen LogP) is 4.12. The van der Waals surface area contributed by atoms with Crippen LogP contribution in [0.3, 0.4) is 0 Å². The molecule has 0 fully saturated rings. The Labute approximate surface area is 230 Å². The number of benzene rings is 2. The molecule has 0 saturated carbocycles. The summed E-state index contributed by atoms with van der Waals surface area (Å²) < 4.78 is 22.5. The Hall–Kier alpha value is -4.53. The summed E-state index contributed by atoms with van der Waals surface area (Å²) in [5, 5.41) is 17.1. The van der Waals surface area contributed by atoms with Crippen LogP contribution in [0.1, 0.15) is 20.8 Å². The minimum Gasteiger partial charge on any atom is -0.457 e. The number of aromatic nitrogens is 4. The van der Waals surface area contributed by atoms with Gasteiger partial charge < -0.3 is 21.5 Å². The first-order valence-electron chi connectivity index (χ1n) is 11.8. The molecule has 5 N–H and O–H groups in total. The molecule has 0 aliphatic carbocycles. The van der Waals surface area contributed by atoms with E-state index in [4.69, 9.17) is 16.2 Å². The number of hydrogen-bond acceptors (Lipinski definition) is 8. The number of amides is 1. The highest BCUT2D eigenvalue weighted by Crippen LogP contribution is 2.34. The van der Waals surface area contributed by atoms with Crippen LogP contribution in [-0.2, 0) is 11.3 Å². The average molecular weight is 551 g/mol. The molecule has 0 saturated heterocycles. The van der Waals surface area contributed by atoms with Crippen LogP contribution in [0.4, 0.5) is 10.2 Å². The van der Waals surface area contributed by atoms with Gasteiger partial charge >= 0.3 is 0 Å². The molecule has 0 bridgehead atoms. The zero-order valence-electron chi connectivity index (χ0n) is 21.6. The van der Waals surface area contributed by atoms with Gasteiger partial charge in [-0.15, -0.1) is 12.4 Å². The van der Waals surface area contributed by atoms with Crippen molar-refractivity contribution in [3.63, 3.8) is 0 Å². The molecular weight excluding hydrogens is 523 g/mol. The van der Waals surface area contributed by atoms with Crippen LogP contribution in [0, 0.1) is 17.1 Å². The van der Waals surface area contributed by atoms with E-state index in [-0.39, 0.29) is 41.6 Å². The first-order valence-corrected chi connectivity index (χ1v) is 11.8. The van der Waals surface area contributed by atoms with Gasteiger partial charge in [-0.05, 0) is 51.1 Å².